The second kappa shape index (κ2) is 8.71. The summed E-state index contributed by atoms with van der Waals surface area (Å²) in [6.07, 6.45) is 0. The Morgan fingerprint density at radius 2 is 1.79 bits per heavy atom. The first kappa shape index (κ1) is 22.3. The average molecular weight is 485 g/mol. The van der Waals surface area contributed by atoms with Gasteiger partial charge < -0.3 is 19.2 Å². The number of benzene rings is 3. The quantitative estimate of drug-likeness (QED) is 0.460. The number of hydrogen-bond donors (Lipinski definition) is 1. The predicted molar refractivity (Wildman–Crippen MR) is 124 cm³/mol. The Morgan fingerprint density at radius 3 is 2.56 bits per heavy atom. The highest BCUT2D eigenvalue weighted by Crippen LogP contribution is 2.36. The molecule has 1 fully saturated rings. The van der Waals surface area contributed by atoms with E-state index in [9.17, 15) is 17.6 Å². The normalized spacial score (nSPS) is 15.0. The van der Waals surface area contributed by atoms with Crippen LogP contribution >= 0.6 is 0 Å². The van der Waals surface area contributed by atoms with Crippen molar-refractivity contribution in [2.24, 2.45) is 0 Å². The Balaban J connectivity index is 1.48. The number of hydrogen-bond acceptors (Lipinski definition) is 6. The zero-order valence-corrected chi connectivity index (χ0v) is 19.0. The number of halogens is 1. The molecule has 0 spiro atoms. The second-order valence-electron chi connectivity index (χ2n) is 7.76. The van der Waals surface area contributed by atoms with Crippen molar-refractivity contribution in [1.82, 2.24) is 4.31 Å². The summed E-state index contributed by atoms with van der Waals surface area (Å²) >= 11 is 0. The van der Waals surface area contributed by atoms with Gasteiger partial charge in [-0.05, 0) is 30.3 Å². The second-order valence-corrected chi connectivity index (χ2v) is 9.67. The van der Waals surface area contributed by atoms with Gasteiger partial charge in [0.05, 0.1) is 26.0 Å². The third-order valence-corrected chi connectivity index (χ3v) is 7.64. The SMILES string of the molecule is COc1cc2c(cc1NC(=O)c1ccc(F)c(S(=O)(=O)N3CCOCC3)c1)oc1ccccc12. The molecule has 0 unspecified atom stereocenters. The van der Waals surface area contributed by atoms with Crippen molar-refractivity contribution in [1.29, 1.82) is 0 Å². The fourth-order valence-electron chi connectivity index (χ4n) is 3.98. The number of rotatable bonds is 5. The van der Waals surface area contributed by atoms with Gasteiger partial charge in [-0.2, -0.15) is 4.31 Å². The lowest BCUT2D eigenvalue weighted by Crippen LogP contribution is -2.41. The Morgan fingerprint density at radius 1 is 1.03 bits per heavy atom. The minimum atomic E-state index is -4.12. The van der Waals surface area contributed by atoms with Gasteiger partial charge >= 0.3 is 0 Å². The standard InChI is InChI=1S/C24H21FN2O6S/c1-31-22-13-17-16-4-2-3-5-20(16)33-21(17)14-19(22)26-24(28)15-6-7-18(25)23(12-15)34(29,30)27-8-10-32-11-9-27/h2-7,12-14H,8-11H2,1H3,(H,26,28). The number of carbonyl (C=O) groups is 1. The lowest BCUT2D eigenvalue weighted by atomic mass is 10.1. The van der Waals surface area contributed by atoms with Gasteiger partial charge in [0.2, 0.25) is 10.0 Å². The number of methoxy groups -OCH3 is 1. The summed E-state index contributed by atoms with van der Waals surface area (Å²) in [5, 5.41) is 4.45. The Kier molecular flexibility index (Phi) is 5.72. The zero-order chi connectivity index (χ0) is 23.9. The van der Waals surface area contributed by atoms with Crippen molar-refractivity contribution in [3.63, 3.8) is 0 Å². The van der Waals surface area contributed by atoms with Crippen LogP contribution in [-0.2, 0) is 14.8 Å². The molecule has 176 valence electrons. The molecule has 2 heterocycles. The maximum atomic E-state index is 14.5. The Hall–Kier alpha value is -3.47. The molecule has 10 heteroatoms. The van der Waals surface area contributed by atoms with Crippen LogP contribution in [-0.4, -0.2) is 52.0 Å². The van der Waals surface area contributed by atoms with E-state index < -0.39 is 26.6 Å². The minimum Gasteiger partial charge on any atom is -0.495 e. The van der Waals surface area contributed by atoms with Crippen molar-refractivity contribution >= 4 is 43.6 Å². The summed E-state index contributed by atoms with van der Waals surface area (Å²) in [5.41, 5.74) is 1.56. The molecule has 1 N–H and O–H groups in total. The van der Waals surface area contributed by atoms with Crippen LogP contribution in [0.5, 0.6) is 5.75 Å². The molecule has 1 aromatic heterocycles. The summed E-state index contributed by atoms with van der Waals surface area (Å²) in [7, 11) is -2.64. The fraction of sp³-hybridized carbons (Fsp3) is 0.208. The molecule has 0 bridgehead atoms. The van der Waals surface area contributed by atoms with Gasteiger partial charge in [0.1, 0.15) is 27.6 Å². The highest BCUT2D eigenvalue weighted by molar-refractivity contribution is 7.89. The molecular formula is C24H21FN2O6S. The average Bonchev–Trinajstić information content (AvgIpc) is 3.21. The Labute approximate surface area is 194 Å². The lowest BCUT2D eigenvalue weighted by molar-refractivity contribution is 0.0729. The van der Waals surface area contributed by atoms with Gasteiger partial charge in [-0.3, -0.25) is 4.79 Å². The van der Waals surface area contributed by atoms with Crippen LogP contribution in [0.4, 0.5) is 10.1 Å². The third-order valence-electron chi connectivity index (χ3n) is 5.73. The third kappa shape index (κ3) is 3.89. The van der Waals surface area contributed by atoms with Crippen molar-refractivity contribution < 1.29 is 31.5 Å². The van der Waals surface area contributed by atoms with Crippen molar-refractivity contribution in [3.05, 3.63) is 66.0 Å². The lowest BCUT2D eigenvalue weighted by Gasteiger charge is -2.26. The van der Waals surface area contributed by atoms with Gasteiger partial charge in [0.25, 0.3) is 5.91 Å². The van der Waals surface area contributed by atoms with Gasteiger partial charge in [-0.1, -0.05) is 18.2 Å². The number of nitrogens with zero attached hydrogens (tertiary/aromatic N) is 1. The van der Waals surface area contributed by atoms with Crippen LogP contribution in [0.25, 0.3) is 21.9 Å². The van der Waals surface area contributed by atoms with E-state index in [4.69, 9.17) is 13.9 Å². The summed E-state index contributed by atoms with van der Waals surface area (Å²) < 4.78 is 58.0. The molecule has 1 amide bonds. The van der Waals surface area contributed by atoms with Crippen LogP contribution in [0.2, 0.25) is 0 Å². The predicted octanol–water partition coefficient (Wildman–Crippen LogP) is 4.01. The molecule has 3 aromatic carbocycles. The summed E-state index contributed by atoms with van der Waals surface area (Å²) in [6, 6.07) is 14.2. The number of morpholine rings is 1. The first-order valence-electron chi connectivity index (χ1n) is 10.6. The van der Waals surface area contributed by atoms with E-state index in [-0.39, 0.29) is 31.9 Å². The maximum Gasteiger partial charge on any atom is 0.255 e. The van der Waals surface area contributed by atoms with Gasteiger partial charge in [0.15, 0.2) is 0 Å². The molecule has 1 saturated heterocycles. The highest BCUT2D eigenvalue weighted by Gasteiger charge is 2.30. The highest BCUT2D eigenvalue weighted by atomic mass is 32.2. The molecule has 5 rings (SSSR count). The van der Waals surface area contributed by atoms with Crippen LogP contribution in [0.1, 0.15) is 10.4 Å². The zero-order valence-electron chi connectivity index (χ0n) is 18.2. The minimum absolute atomic E-state index is 0.0139. The van der Waals surface area contributed by atoms with Gasteiger partial charge in [0, 0.05) is 35.5 Å². The molecule has 4 aromatic rings. The molecule has 0 saturated carbocycles. The van der Waals surface area contributed by atoms with Crippen molar-refractivity contribution in [2.75, 3.05) is 38.7 Å². The van der Waals surface area contributed by atoms with Crippen molar-refractivity contribution in [2.45, 2.75) is 4.90 Å². The van der Waals surface area contributed by atoms with Crippen LogP contribution in [0.15, 0.2) is 63.9 Å². The van der Waals surface area contributed by atoms with E-state index in [0.717, 1.165) is 27.2 Å². The Bertz CT molecular complexity index is 1510. The largest absolute Gasteiger partial charge is 0.495 e. The first-order valence-corrected chi connectivity index (χ1v) is 12.0. The molecular weight excluding hydrogens is 463 g/mol. The van der Waals surface area contributed by atoms with Crippen LogP contribution < -0.4 is 10.1 Å². The summed E-state index contributed by atoms with van der Waals surface area (Å²) in [6.45, 7) is 0.690. The number of nitrogens with one attached hydrogen (secondary N) is 1. The summed E-state index contributed by atoms with van der Waals surface area (Å²) in [5.74, 6) is -1.15. The maximum absolute atomic E-state index is 14.5. The van der Waals surface area contributed by atoms with Crippen LogP contribution in [0.3, 0.4) is 0 Å². The number of anilines is 1. The van der Waals surface area contributed by atoms with Crippen molar-refractivity contribution in [3.8, 4) is 5.75 Å². The molecule has 1 aliphatic heterocycles. The topological polar surface area (TPSA) is 98.1 Å². The molecule has 34 heavy (non-hydrogen) atoms. The molecule has 0 atom stereocenters. The summed E-state index contributed by atoms with van der Waals surface area (Å²) in [4.78, 5) is 12.5. The van der Waals surface area contributed by atoms with E-state index in [1.807, 2.05) is 24.3 Å². The number of sulfonamides is 1. The number of furan rings is 1. The van der Waals surface area contributed by atoms with E-state index in [1.165, 1.54) is 13.2 Å². The van der Waals surface area contributed by atoms with Gasteiger partial charge in [-0.25, -0.2) is 12.8 Å². The van der Waals surface area contributed by atoms with E-state index in [0.29, 0.717) is 22.6 Å². The van der Waals surface area contributed by atoms with E-state index in [2.05, 4.69) is 5.32 Å². The van der Waals surface area contributed by atoms with E-state index >= 15 is 0 Å². The van der Waals surface area contributed by atoms with E-state index in [1.54, 1.807) is 12.1 Å². The van der Waals surface area contributed by atoms with Crippen LogP contribution in [0, 0.1) is 5.82 Å². The molecule has 0 radical (unpaired) electrons. The monoisotopic (exact) mass is 484 g/mol. The smallest absolute Gasteiger partial charge is 0.255 e. The number of para-hydroxylation sites is 1. The number of ether oxygens (including phenoxy) is 2. The molecule has 8 nitrogen and oxygen atoms in total. The molecule has 0 aliphatic carbocycles. The molecule has 1 aliphatic rings. The first-order chi connectivity index (χ1) is 16.4. The van der Waals surface area contributed by atoms with Gasteiger partial charge in [-0.15, -0.1) is 0 Å². The number of amides is 1. The fourth-order valence-corrected chi connectivity index (χ4v) is 5.48. The number of carbonyl (C=O) groups excluding carboxylic acids is 1. The number of fused-ring (bicyclic) bond motifs is 3.